The molecule has 1 fully saturated rings. The summed E-state index contributed by atoms with van der Waals surface area (Å²) in [5.74, 6) is -2.30. The van der Waals surface area contributed by atoms with Gasteiger partial charge >= 0.3 is 5.91 Å². The summed E-state index contributed by atoms with van der Waals surface area (Å²) in [6.07, 6.45) is 0. The van der Waals surface area contributed by atoms with Crippen molar-refractivity contribution in [2.45, 2.75) is 13.0 Å². The van der Waals surface area contributed by atoms with Crippen molar-refractivity contribution < 1.29 is 23.8 Å². The number of aromatic nitrogens is 2. The van der Waals surface area contributed by atoms with Gasteiger partial charge in [-0.05, 0) is 37.3 Å². The van der Waals surface area contributed by atoms with Crippen molar-refractivity contribution in [2.24, 2.45) is 0 Å². The number of ketones is 1. The fourth-order valence-corrected chi connectivity index (χ4v) is 4.02. The van der Waals surface area contributed by atoms with Gasteiger partial charge in [0.1, 0.15) is 28.4 Å². The number of aliphatic hydroxyl groups excluding tert-OH is 1. The molecule has 1 aliphatic rings. The third-order valence-corrected chi connectivity index (χ3v) is 5.57. The molecule has 2 aromatic carbocycles. The van der Waals surface area contributed by atoms with Crippen molar-refractivity contribution in [1.82, 2.24) is 10.2 Å². The van der Waals surface area contributed by atoms with E-state index in [9.17, 15) is 19.1 Å². The number of Topliss-reactive ketones (excluding diaryl/α,β-unsaturated/α-hetero) is 1. The van der Waals surface area contributed by atoms with E-state index in [0.717, 1.165) is 16.2 Å². The number of anilines is 1. The largest absolute Gasteiger partial charge is 0.507 e. The minimum absolute atomic E-state index is 0.0691. The highest BCUT2D eigenvalue weighted by atomic mass is 32.1. The third kappa shape index (κ3) is 3.22. The van der Waals surface area contributed by atoms with E-state index in [-0.39, 0.29) is 16.3 Å². The topological polar surface area (TPSA) is 92.6 Å². The van der Waals surface area contributed by atoms with Gasteiger partial charge < -0.3 is 9.84 Å². The quantitative estimate of drug-likeness (QED) is 0.390. The summed E-state index contributed by atoms with van der Waals surface area (Å²) in [4.78, 5) is 26.9. The van der Waals surface area contributed by atoms with Crippen LogP contribution in [-0.2, 0) is 9.59 Å². The van der Waals surface area contributed by atoms with E-state index in [0.29, 0.717) is 16.3 Å². The van der Waals surface area contributed by atoms with E-state index in [1.54, 1.807) is 37.3 Å². The van der Waals surface area contributed by atoms with Crippen LogP contribution in [0.5, 0.6) is 5.75 Å². The smallest absolute Gasteiger partial charge is 0.301 e. The molecule has 152 valence electrons. The number of carbonyl (C=O) groups is 2. The number of aliphatic hydroxyl groups is 1. The van der Waals surface area contributed by atoms with Crippen molar-refractivity contribution in [3.63, 3.8) is 0 Å². The van der Waals surface area contributed by atoms with Gasteiger partial charge in [-0.2, -0.15) is 0 Å². The van der Waals surface area contributed by atoms with Gasteiger partial charge in [-0.15, -0.1) is 10.2 Å². The van der Waals surface area contributed by atoms with E-state index in [1.807, 2.05) is 0 Å². The molecule has 2 heterocycles. The first-order chi connectivity index (χ1) is 14.4. The maximum atomic E-state index is 14.7. The second kappa shape index (κ2) is 7.68. The summed E-state index contributed by atoms with van der Waals surface area (Å²) in [5, 5.41) is 19.5. The molecule has 1 amide bonds. The average molecular weight is 425 g/mol. The van der Waals surface area contributed by atoms with Gasteiger partial charge in [0.05, 0.1) is 12.7 Å². The molecule has 1 aliphatic heterocycles. The van der Waals surface area contributed by atoms with Gasteiger partial charge in [-0.25, -0.2) is 4.39 Å². The molecule has 1 atom stereocenters. The van der Waals surface area contributed by atoms with Crippen LogP contribution in [0.4, 0.5) is 9.52 Å². The van der Waals surface area contributed by atoms with E-state index < -0.39 is 29.3 Å². The maximum Gasteiger partial charge on any atom is 0.301 e. The molecule has 9 heteroatoms. The number of carbonyl (C=O) groups excluding carboxylic acids is 2. The molecule has 0 aliphatic carbocycles. The van der Waals surface area contributed by atoms with Gasteiger partial charge in [-0.3, -0.25) is 14.5 Å². The van der Waals surface area contributed by atoms with Gasteiger partial charge in [-0.1, -0.05) is 29.5 Å². The predicted octanol–water partition coefficient (Wildman–Crippen LogP) is 3.62. The molecule has 0 bridgehead atoms. The molecule has 0 unspecified atom stereocenters. The Hall–Kier alpha value is -3.59. The number of hydrogen-bond acceptors (Lipinski definition) is 7. The van der Waals surface area contributed by atoms with E-state index >= 15 is 0 Å². The molecule has 4 rings (SSSR count). The molecule has 0 radical (unpaired) electrons. The Morgan fingerprint density at radius 3 is 2.43 bits per heavy atom. The molecule has 0 spiro atoms. The van der Waals surface area contributed by atoms with Crippen LogP contribution in [0.3, 0.4) is 0 Å². The molecule has 3 aromatic rings. The van der Waals surface area contributed by atoms with Crippen LogP contribution in [0.15, 0.2) is 54.1 Å². The number of hydrogen-bond donors (Lipinski definition) is 1. The number of methoxy groups -OCH3 is 1. The summed E-state index contributed by atoms with van der Waals surface area (Å²) in [6.45, 7) is 1.70. The van der Waals surface area contributed by atoms with Crippen molar-refractivity contribution in [2.75, 3.05) is 12.0 Å². The van der Waals surface area contributed by atoms with Gasteiger partial charge in [0, 0.05) is 11.1 Å². The van der Waals surface area contributed by atoms with Crippen LogP contribution < -0.4 is 9.64 Å². The Balaban J connectivity index is 1.94. The first-order valence-corrected chi connectivity index (χ1v) is 9.74. The third-order valence-electron chi connectivity index (χ3n) is 4.73. The second-order valence-corrected chi connectivity index (χ2v) is 7.68. The zero-order valence-corrected chi connectivity index (χ0v) is 16.8. The Morgan fingerprint density at radius 1 is 1.13 bits per heavy atom. The van der Waals surface area contributed by atoms with Crippen molar-refractivity contribution in [1.29, 1.82) is 0 Å². The predicted molar refractivity (Wildman–Crippen MR) is 109 cm³/mol. The monoisotopic (exact) mass is 425 g/mol. The Kier molecular flexibility index (Phi) is 5.04. The first kappa shape index (κ1) is 19.7. The average Bonchev–Trinajstić information content (AvgIpc) is 3.29. The lowest BCUT2D eigenvalue weighted by Crippen LogP contribution is -2.29. The molecule has 30 heavy (non-hydrogen) atoms. The number of amides is 1. The lowest BCUT2D eigenvalue weighted by molar-refractivity contribution is -0.132. The number of halogens is 1. The lowest BCUT2D eigenvalue weighted by atomic mass is 9.95. The summed E-state index contributed by atoms with van der Waals surface area (Å²) in [6, 6.07) is 10.9. The van der Waals surface area contributed by atoms with E-state index in [4.69, 9.17) is 4.74 Å². The molecule has 7 nitrogen and oxygen atoms in total. The Morgan fingerprint density at radius 2 is 1.83 bits per heavy atom. The molecular formula is C21H16FN3O4S. The minimum atomic E-state index is -1.18. The number of ether oxygens (including phenoxy) is 1. The standard InChI is InChI=1S/C21H16FN3O4S/c1-11-23-24-21(30-11)25-17(14-5-3-4-6-15(14)22)16(19(27)20(25)28)18(26)12-7-9-13(29-2)10-8-12/h3-10,17,26H,1-2H3/t17-/m0/s1. The zero-order valence-electron chi connectivity index (χ0n) is 16.0. The van der Waals surface area contributed by atoms with Crippen LogP contribution >= 0.6 is 11.3 Å². The summed E-state index contributed by atoms with van der Waals surface area (Å²) in [5.41, 5.74) is 0.145. The molecule has 1 aromatic heterocycles. The fraction of sp³-hybridized carbons (Fsp3) is 0.143. The van der Waals surface area contributed by atoms with Crippen molar-refractivity contribution >= 4 is 33.9 Å². The number of aryl methyl sites for hydroxylation is 1. The number of rotatable bonds is 4. The SMILES string of the molecule is COc1ccc(C(O)=C2C(=O)C(=O)N(c3nnc(C)s3)[C@H]2c2ccccc2F)cc1. The van der Waals surface area contributed by atoms with Crippen molar-refractivity contribution in [3.05, 3.63) is 76.1 Å². The minimum Gasteiger partial charge on any atom is -0.507 e. The Labute approximate surface area is 175 Å². The zero-order chi connectivity index (χ0) is 21.4. The molecular weight excluding hydrogens is 409 g/mol. The first-order valence-electron chi connectivity index (χ1n) is 8.92. The lowest BCUT2D eigenvalue weighted by Gasteiger charge is -2.22. The number of benzene rings is 2. The maximum absolute atomic E-state index is 14.7. The molecule has 1 N–H and O–H groups in total. The normalized spacial score (nSPS) is 18.1. The van der Waals surface area contributed by atoms with Crippen LogP contribution in [0, 0.1) is 12.7 Å². The van der Waals surface area contributed by atoms with Gasteiger partial charge in [0.2, 0.25) is 5.13 Å². The van der Waals surface area contributed by atoms with Gasteiger partial charge in [0.25, 0.3) is 5.78 Å². The highest BCUT2D eigenvalue weighted by molar-refractivity contribution is 7.15. The fourth-order valence-electron chi connectivity index (χ4n) is 3.31. The highest BCUT2D eigenvalue weighted by Crippen LogP contribution is 2.43. The van der Waals surface area contributed by atoms with E-state index in [1.165, 1.54) is 25.3 Å². The van der Waals surface area contributed by atoms with Crippen molar-refractivity contribution in [3.8, 4) is 5.75 Å². The summed E-state index contributed by atoms with van der Waals surface area (Å²) in [7, 11) is 1.50. The summed E-state index contributed by atoms with van der Waals surface area (Å²) < 4.78 is 19.8. The van der Waals surface area contributed by atoms with Crippen LogP contribution in [0.2, 0.25) is 0 Å². The summed E-state index contributed by atoms with van der Waals surface area (Å²) >= 11 is 1.10. The van der Waals surface area contributed by atoms with E-state index in [2.05, 4.69) is 10.2 Å². The van der Waals surface area contributed by atoms with Crippen LogP contribution in [0.1, 0.15) is 22.2 Å². The van der Waals surface area contributed by atoms with Crippen LogP contribution in [0.25, 0.3) is 5.76 Å². The van der Waals surface area contributed by atoms with Gasteiger partial charge in [0.15, 0.2) is 0 Å². The Bertz CT molecular complexity index is 1170. The highest BCUT2D eigenvalue weighted by Gasteiger charge is 2.49. The molecule has 0 saturated carbocycles. The van der Waals surface area contributed by atoms with Crippen LogP contribution in [-0.4, -0.2) is 34.1 Å². The molecule has 1 saturated heterocycles. The number of nitrogens with zero attached hydrogens (tertiary/aromatic N) is 3. The second-order valence-electron chi connectivity index (χ2n) is 6.52.